The van der Waals surface area contributed by atoms with Crippen LogP contribution in [0.5, 0.6) is 0 Å². The lowest BCUT2D eigenvalue weighted by Gasteiger charge is -2.04. The highest BCUT2D eigenvalue weighted by Gasteiger charge is 2.09. The molecule has 0 saturated carbocycles. The van der Waals surface area contributed by atoms with Gasteiger partial charge in [0.2, 0.25) is 0 Å². The number of nitrogens with zero attached hydrogens (tertiary/aromatic N) is 4. The maximum atomic E-state index is 4.68. The fourth-order valence-electron chi connectivity index (χ4n) is 2.90. The maximum absolute atomic E-state index is 4.68. The molecular formula is C17H17N5. The van der Waals surface area contributed by atoms with Crippen LogP contribution in [-0.4, -0.2) is 25.0 Å². The Hall–Kier alpha value is -2.69. The number of aromatic amines is 1. The van der Waals surface area contributed by atoms with Gasteiger partial charge in [0.25, 0.3) is 0 Å². The first-order valence-electron chi connectivity index (χ1n) is 7.35. The van der Waals surface area contributed by atoms with Gasteiger partial charge in [0.05, 0.1) is 23.4 Å². The van der Waals surface area contributed by atoms with Crippen LogP contribution in [0.4, 0.5) is 0 Å². The normalized spacial score (nSPS) is 11.6. The molecular weight excluding hydrogens is 274 g/mol. The summed E-state index contributed by atoms with van der Waals surface area (Å²) in [4.78, 5) is 4.44. The molecule has 110 valence electrons. The van der Waals surface area contributed by atoms with Crippen LogP contribution in [0.2, 0.25) is 0 Å². The van der Waals surface area contributed by atoms with Crippen LogP contribution in [-0.2, 0) is 6.54 Å². The zero-order valence-corrected chi connectivity index (χ0v) is 12.9. The van der Waals surface area contributed by atoms with E-state index in [1.807, 2.05) is 17.8 Å². The summed E-state index contributed by atoms with van der Waals surface area (Å²) in [6.07, 6.45) is 1.89. The number of benzene rings is 1. The van der Waals surface area contributed by atoms with Crippen molar-refractivity contribution < 1.29 is 0 Å². The van der Waals surface area contributed by atoms with Crippen LogP contribution in [0.25, 0.3) is 21.9 Å². The van der Waals surface area contributed by atoms with Crippen LogP contribution in [0.3, 0.4) is 0 Å². The lowest BCUT2D eigenvalue weighted by Crippen LogP contribution is -2.02. The molecule has 0 atom stereocenters. The molecule has 0 saturated heterocycles. The topological polar surface area (TPSA) is 59.4 Å². The quantitative estimate of drug-likeness (QED) is 0.616. The minimum absolute atomic E-state index is 0.709. The molecule has 3 aromatic heterocycles. The van der Waals surface area contributed by atoms with Crippen molar-refractivity contribution in [1.82, 2.24) is 25.0 Å². The highest BCUT2D eigenvalue weighted by molar-refractivity contribution is 5.82. The van der Waals surface area contributed by atoms with Gasteiger partial charge in [-0.15, -0.1) is 0 Å². The summed E-state index contributed by atoms with van der Waals surface area (Å²) in [5.74, 6) is 0. The second-order valence-corrected chi connectivity index (χ2v) is 5.81. The van der Waals surface area contributed by atoms with Crippen molar-refractivity contribution in [2.24, 2.45) is 0 Å². The van der Waals surface area contributed by atoms with E-state index in [0.29, 0.717) is 6.54 Å². The summed E-state index contributed by atoms with van der Waals surface area (Å²) in [5, 5.41) is 14.1. The Balaban J connectivity index is 1.80. The van der Waals surface area contributed by atoms with Crippen molar-refractivity contribution in [1.29, 1.82) is 0 Å². The van der Waals surface area contributed by atoms with Gasteiger partial charge in [0.15, 0.2) is 5.65 Å². The predicted octanol–water partition coefficient (Wildman–Crippen LogP) is 3.28. The predicted molar refractivity (Wildman–Crippen MR) is 86.9 cm³/mol. The van der Waals surface area contributed by atoms with Crippen molar-refractivity contribution in [2.75, 3.05) is 0 Å². The van der Waals surface area contributed by atoms with E-state index in [1.165, 1.54) is 10.9 Å². The van der Waals surface area contributed by atoms with E-state index in [9.17, 15) is 0 Å². The first kappa shape index (κ1) is 13.0. The van der Waals surface area contributed by atoms with Gasteiger partial charge < -0.3 is 0 Å². The second-order valence-electron chi connectivity index (χ2n) is 5.81. The highest BCUT2D eigenvalue weighted by Crippen LogP contribution is 2.21. The molecule has 0 fully saturated rings. The average molecular weight is 291 g/mol. The van der Waals surface area contributed by atoms with Gasteiger partial charge in [0, 0.05) is 17.0 Å². The summed E-state index contributed by atoms with van der Waals surface area (Å²) in [7, 11) is 0. The summed E-state index contributed by atoms with van der Waals surface area (Å²) in [6, 6.07) is 8.59. The average Bonchev–Trinajstić information content (AvgIpc) is 3.01. The molecule has 0 amide bonds. The van der Waals surface area contributed by atoms with E-state index < -0.39 is 0 Å². The smallest absolute Gasteiger partial charge is 0.155 e. The molecule has 0 aliphatic heterocycles. The van der Waals surface area contributed by atoms with Crippen LogP contribution < -0.4 is 0 Å². The van der Waals surface area contributed by atoms with Crippen LogP contribution in [0, 0.1) is 20.8 Å². The van der Waals surface area contributed by atoms with Crippen molar-refractivity contribution in [3.8, 4) is 0 Å². The minimum Gasteiger partial charge on any atom is -0.261 e. The molecule has 1 aromatic carbocycles. The summed E-state index contributed by atoms with van der Waals surface area (Å²) >= 11 is 0. The largest absolute Gasteiger partial charge is 0.261 e. The number of nitrogens with one attached hydrogen (secondary N) is 1. The van der Waals surface area contributed by atoms with Crippen molar-refractivity contribution in [3.63, 3.8) is 0 Å². The first-order valence-corrected chi connectivity index (χ1v) is 7.35. The van der Waals surface area contributed by atoms with Gasteiger partial charge in [-0.2, -0.15) is 10.2 Å². The number of rotatable bonds is 2. The number of aryl methyl sites for hydroxylation is 3. The van der Waals surface area contributed by atoms with Gasteiger partial charge in [-0.3, -0.25) is 9.78 Å². The molecule has 0 unspecified atom stereocenters. The first-order chi connectivity index (χ1) is 10.6. The van der Waals surface area contributed by atoms with Crippen molar-refractivity contribution in [2.45, 2.75) is 27.3 Å². The lowest BCUT2D eigenvalue weighted by molar-refractivity contribution is 0.702. The molecule has 4 aromatic rings. The molecule has 22 heavy (non-hydrogen) atoms. The van der Waals surface area contributed by atoms with Crippen molar-refractivity contribution in [3.05, 3.63) is 53.0 Å². The van der Waals surface area contributed by atoms with E-state index in [4.69, 9.17) is 0 Å². The number of hydrogen-bond donors (Lipinski definition) is 1. The number of pyridine rings is 1. The van der Waals surface area contributed by atoms with E-state index in [2.05, 4.69) is 58.4 Å². The Morgan fingerprint density at radius 2 is 1.91 bits per heavy atom. The zero-order chi connectivity index (χ0) is 15.3. The van der Waals surface area contributed by atoms with E-state index in [0.717, 1.165) is 33.5 Å². The number of fused-ring (bicyclic) bond motifs is 2. The van der Waals surface area contributed by atoms with Gasteiger partial charge in [-0.05, 0) is 44.5 Å². The molecule has 5 nitrogen and oxygen atoms in total. The molecule has 0 aliphatic rings. The number of aromatic nitrogens is 5. The molecule has 4 rings (SSSR count). The van der Waals surface area contributed by atoms with Crippen LogP contribution in [0.15, 0.2) is 30.5 Å². The Morgan fingerprint density at radius 1 is 1.05 bits per heavy atom. The third kappa shape index (κ3) is 1.97. The Bertz CT molecular complexity index is 993. The number of hydrogen-bond acceptors (Lipinski definition) is 3. The second kappa shape index (κ2) is 4.66. The minimum atomic E-state index is 0.709. The van der Waals surface area contributed by atoms with Gasteiger partial charge >= 0.3 is 0 Å². The van der Waals surface area contributed by atoms with Gasteiger partial charge in [0.1, 0.15) is 0 Å². The fourth-order valence-corrected chi connectivity index (χ4v) is 2.90. The maximum Gasteiger partial charge on any atom is 0.155 e. The monoisotopic (exact) mass is 291 g/mol. The molecule has 0 aliphatic carbocycles. The molecule has 0 bridgehead atoms. The highest BCUT2D eigenvalue weighted by atomic mass is 15.3. The molecule has 5 heteroatoms. The van der Waals surface area contributed by atoms with E-state index in [-0.39, 0.29) is 0 Å². The van der Waals surface area contributed by atoms with Crippen LogP contribution >= 0.6 is 0 Å². The Kier molecular flexibility index (Phi) is 2.76. The summed E-state index contributed by atoms with van der Waals surface area (Å²) in [5.41, 5.74) is 6.41. The summed E-state index contributed by atoms with van der Waals surface area (Å²) < 4.78 is 2.04. The van der Waals surface area contributed by atoms with Gasteiger partial charge in [-0.25, -0.2) is 4.98 Å². The van der Waals surface area contributed by atoms with E-state index in [1.54, 1.807) is 0 Å². The van der Waals surface area contributed by atoms with Gasteiger partial charge in [-0.1, -0.05) is 11.6 Å². The molecule has 3 heterocycles. The summed E-state index contributed by atoms with van der Waals surface area (Å²) in [6.45, 7) is 6.86. The SMILES string of the molecule is Cc1ccc2c(c1)c(C)nn2Cc1cnc2[nH]nc(C)c2c1. The lowest BCUT2D eigenvalue weighted by atomic mass is 10.1. The van der Waals surface area contributed by atoms with Crippen molar-refractivity contribution >= 4 is 21.9 Å². The van der Waals surface area contributed by atoms with Crippen LogP contribution in [0.1, 0.15) is 22.5 Å². The molecule has 0 radical (unpaired) electrons. The third-order valence-electron chi connectivity index (χ3n) is 4.09. The molecule has 0 spiro atoms. The van der Waals surface area contributed by atoms with E-state index >= 15 is 0 Å². The Labute approximate surface area is 128 Å². The fraction of sp³-hybridized carbons (Fsp3) is 0.235. The molecule has 1 N–H and O–H groups in total. The zero-order valence-electron chi connectivity index (χ0n) is 12.9. The standard InChI is InChI=1S/C17H17N5/c1-10-4-5-16-14(6-10)12(3)21-22(16)9-13-7-15-11(2)19-20-17(15)18-8-13/h4-8H,9H2,1-3H3,(H,18,19,20). The number of H-pyrrole nitrogens is 1. The third-order valence-corrected chi connectivity index (χ3v) is 4.09. The Morgan fingerprint density at radius 3 is 2.77 bits per heavy atom.